The number of benzene rings is 1. The number of piperidine rings is 1. The Kier molecular flexibility index (Phi) is 4.23. The Bertz CT molecular complexity index is 396. The zero-order chi connectivity index (χ0) is 13.1. The van der Waals surface area contributed by atoms with Crippen LogP contribution in [-0.4, -0.2) is 25.0 Å². The van der Waals surface area contributed by atoms with Crippen LogP contribution in [0, 0.1) is 5.92 Å². The summed E-state index contributed by atoms with van der Waals surface area (Å²) in [5.74, 6) is 1.52. The van der Waals surface area contributed by atoms with Crippen LogP contribution < -0.4 is 0 Å². The Labute approximate surface area is 112 Å². The van der Waals surface area contributed by atoms with Crippen LogP contribution >= 0.6 is 0 Å². The van der Waals surface area contributed by atoms with Crippen molar-refractivity contribution in [2.45, 2.75) is 32.6 Å². The van der Waals surface area contributed by atoms with Crippen molar-refractivity contribution in [3.63, 3.8) is 0 Å². The standard InChI is InChI=1S/C17H25N/c1-13(2)15-5-7-16(8-6-15)14(3)17-9-11-18(4)12-10-17/h5-8,14,17H,1,9-12H2,2-4H3. The van der Waals surface area contributed by atoms with Crippen LogP contribution in [0.1, 0.15) is 43.7 Å². The highest BCUT2D eigenvalue weighted by Crippen LogP contribution is 2.32. The van der Waals surface area contributed by atoms with Gasteiger partial charge in [0.25, 0.3) is 0 Å². The van der Waals surface area contributed by atoms with Crippen molar-refractivity contribution in [2.24, 2.45) is 5.92 Å². The van der Waals surface area contributed by atoms with Crippen LogP contribution in [0.15, 0.2) is 30.8 Å². The molecule has 0 aromatic heterocycles. The second-order valence-corrected chi connectivity index (χ2v) is 5.83. The molecule has 98 valence electrons. The van der Waals surface area contributed by atoms with Crippen molar-refractivity contribution in [1.82, 2.24) is 4.90 Å². The zero-order valence-electron chi connectivity index (χ0n) is 11.9. The highest BCUT2D eigenvalue weighted by molar-refractivity contribution is 5.61. The quantitative estimate of drug-likeness (QED) is 0.770. The number of allylic oxidation sites excluding steroid dienone is 1. The molecule has 0 aliphatic carbocycles. The molecule has 18 heavy (non-hydrogen) atoms. The second-order valence-electron chi connectivity index (χ2n) is 5.83. The van der Waals surface area contributed by atoms with Gasteiger partial charge in [-0.05, 0) is 62.9 Å². The van der Waals surface area contributed by atoms with Crippen LogP contribution in [0.25, 0.3) is 5.57 Å². The van der Waals surface area contributed by atoms with Gasteiger partial charge in [-0.15, -0.1) is 0 Å². The molecule has 1 atom stereocenters. The lowest BCUT2D eigenvalue weighted by Crippen LogP contribution is -2.32. The molecule has 1 aliphatic rings. The maximum Gasteiger partial charge on any atom is -0.00189 e. The average molecular weight is 243 g/mol. The summed E-state index contributed by atoms with van der Waals surface area (Å²) in [6, 6.07) is 8.99. The molecule has 1 aliphatic heterocycles. The molecular formula is C17H25N. The Hall–Kier alpha value is -1.08. The van der Waals surface area contributed by atoms with E-state index in [9.17, 15) is 0 Å². The third kappa shape index (κ3) is 3.02. The monoisotopic (exact) mass is 243 g/mol. The first-order valence-corrected chi connectivity index (χ1v) is 7.02. The number of rotatable bonds is 3. The van der Waals surface area contributed by atoms with Gasteiger partial charge in [-0.25, -0.2) is 0 Å². The fourth-order valence-corrected chi connectivity index (χ4v) is 2.87. The molecule has 1 fully saturated rings. The van der Waals surface area contributed by atoms with Gasteiger partial charge in [-0.1, -0.05) is 43.3 Å². The molecule has 2 rings (SSSR count). The van der Waals surface area contributed by atoms with Gasteiger partial charge in [0, 0.05) is 0 Å². The molecule has 1 aromatic carbocycles. The van der Waals surface area contributed by atoms with Crippen molar-refractivity contribution in [3.05, 3.63) is 42.0 Å². The number of hydrogen-bond acceptors (Lipinski definition) is 1. The van der Waals surface area contributed by atoms with E-state index in [1.54, 1.807) is 0 Å². The van der Waals surface area contributed by atoms with Gasteiger partial charge in [0.05, 0.1) is 0 Å². The van der Waals surface area contributed by atoms with Gasteiger partial charge in [0.15, 0.2) is 0 Å². The summed E-state index contributed by atoms with van der Waals surface area (Å²) in [7, 11) is 2.22. The lowest BCUT2D eigenvalue weighted by molar-refractivity contribution is 0.202. The molecule has 1 saturated heterocycles. The van der Waals surface area contributed by atoms with E-state index >= 15 is 0 Å². The van der Waals surface area contributed by atoms with E-state index in [-0.39, 0.29) is 0 Å². The molecule has 0 N–H and O–H groups in total. The molecule has 0 bridgehead atoms. The van der Waals surface area contributed by atoms with Crippen molar-refractivity contribution in [3.8, 4) is 0 Å². The van der Waals surface area contributed by atoms with E-state index in [2.05, 4.69) is 56.6 Å². The van der Waals surface area contributed by atoms with Gasteiger partial charge in [0.1, 0.15) is 0 Å². The first kappa shape index (κ1) is 13.4. The first-order valence-electron chi connectivity index (χ1n) is 7.02. The van der Waals surface area contributed by atoms with E-state index in [0.29, 0.717) is 5.92 Å². The summed E-state index contributed by atoms with van der Waals surface area (Å²) in [4.78, 5) is 2.44. The minimum atomic E-state index is 0.679. The Morgan fingerprint density at radius 2 is 1.78 bits per heavy atom. The minimum Gasteiger partial charge on any atom is -0.306 e. The third-order valence-corrected chi connectivity index (χ3v) is 4.40. The van der Waals surface area contributed by atoms with Gasteiger partial charge in [0.2, 0.25) is 0 Å². The first-order chi connectivity index (χ1) is 8.58. The zero-order valence-corrected chi connectivity index (χ0v) is 11.9. The topological polar surface area (TPSA) is 3.24 Å². The van der Waals surface area contributed by atoms with Crippen molar-refractivity contribution < 1.29 is 0 Å². The molecule has 0 amide bonds. The summed E-state index contributed by atoms with van der Waals surface area (Å²) in [5, 5.41) is 0. The van der Waals surface area contributed by atoms with Gasteiger partial charge < -0.3 is 4.90 Å². The van der Waals surface area contributed by atoms with Crippen LogP contribution in [0.5, 0.6) is 0 Å². The van der Waals surface area contributed by atoms with E-state index in [4.69, 9.17) is 0 Å². The molecule has 0 spiro atoms. The average Bonchev–Trinajstić information content (AvgIpc) is 2.39. The van der Waals surface area contributed by atoms with E-state index in [0.717, 1.165) is 11.5 Å². The van der Waals surface area contributed by atoms with Crippen molar-refractivity contribution in [1.29, 1.82) is 0 Å². The Balaban J connectivity index is 2.04. The predicted octanol–water partition coefficient (Wildman–Crippen LogP) is 4.17. The highest BCUT2D eigenvalue weighted by atomic mass is 15.1. The molecule has 0 radical (unpaired) electrons. The molecule has 1 aromatic rings. The van der Waals surface area contributed by atoms with Gasteiger partial charge in [-0.2, -0.15) is 0 Å². The van der Waals surface area contributed by atoms with Crippen LogP contribution in [0.3, 0.4) is 0 Å². The summed E-state index contributed by atoms with van der Waals surface area (Å²) >= 11 is 0. The van der Waals surface area contributed by atoms with Crippen LogP contribution in [0.2, 0.25) is 0 Å². The Morgan fingerprint density at radius 1 is 1.22 bits per heavy atom. The summed E-state index contributed by atoms with van der Waals surface area (Å²) in [6.07, 6.45) is 2.67. The van der Waals surface area contributed by atoms with Crippen LogP contribution in [-0.2, 0) is 0 Å². The smallest absolute Gasteiger partial charge is 0.00189 e. The molecular weight excluding hydrogens is 218 g/mol. The summed E-state index contributed by atoms with van der Waals surface area (Å²) < 4.78 is 0. The van der Waals surface area contributed by atoms with Crippen molar-refractivity contribution >= 4 is 5.57 Å². The molecule has 1 nitrogen and oxygen atoms in total. The van der Waals surface area contributed by atoms with Gasteiger partial charge >= 0.3 is 0 Å². The Morgan fingerprint density at radius 3 is 2.28 bits per heavy atom. The fourth-order valence-electron chi connectivity index (χ4n) is 2.87. The lowest BCUT2D eigenvalue weighted by atomic mass is 9.81. The molecule has 1 unspecified atom stereocenters. The largest absolute Gasteiger partial charge is 0.306 e. The number of nitrogens with zero attached hydrogens (tertiary/aromatic N) is 1. The predicted molar refractivity (Wildman–Crippen MR) is 79.8 cm³/mol. The molecule has 1 heteroatoms. The van der Waals surface area contributed by atoms with Crippen molar-refractivity contribution in [2.75, 3.05) is 20.1 Å². The normalized spacial score (nSPS) is 19.7. The van der Waals surface area contributed by atoms with E-state index < -0.39 is 0 Å². The minimum absolute atomic E-state index is 0.679. The second kappa shape index (κ2) is 5.71. The van der Waals surface area contributed by atoms with Gasteiger partial charge in [-0.3, -0.25) is 0 Å². The van der Waals surface area contributed by atoms with Crippen LogP contribution in [0.4, 0.5) is 0 Å². The summed E-state index contributed by atoms with van der Waals surface area (Å²) in [6.45, 7) is 10.9. The van der Waals surface area contributed by atoms with E-state index in [1.807, 2.05) is 0 Å². The molecule has 0 saturated carbocycles. The SMILES string of the molecule is C=C(C)c1ccc(C(C)C2CCN(C)CC2)cc1. The number of hydrogen-bond donors (Lipinski definition) is 0. The summed E-state index contributed by atoms with van der Waals surface area (Å²) in [5.41, 5.74) is 3.89. The lowest BCUT2D eigenvalue weighted by Gasteiger charge is -2.33. The number of likely N-dealkylation sites (tertiary alicyclic amines) is 1. The molecule has 1 heterocycles. The third-order valence-electron chi connectivity index (χ3n) is 4.40. The highest BCUT2D eigenvalue weighted by Gasteiger charge is 2.23. The fraction of sp³-hybridized carbons (Fsp3) is 0.529. The maximum absolute atomic E-state index is 3.99. The maximum atomic E-state index is 3.99. The van der Waals surface area contributed by atoms with E-state index in [1.165, 1.54) is 37.1 Å².